The molecule has 1 aromatic carbocycles. The van der Waals surface area contributed by atoms with Crippen LogP contribution >= 0.6 is 0 Å². The molecule has 1 N–H and O–H groups in total. The average molecular weight is 316 g/mol. The summed E-state index contributed by atoms with van der Waals surface area (Å²) in [7, 11) is 1.89. The minimum atomic E-state index is -0.194. The molecule has 0 aromatic heterocycles. The standard InChI is InChI=1S/C19H28N2O2/c1-21(18(22)23-15-16-5-3-2-4-6-16)17-7-9-19(10-8-17)11-13-20-14-12-19/h2-6,17,20H,7-15H2,1H3. The van der Waals surface area contributed by atoms with Crippen LogP contribution in [-0.4, -0.2) is 37.2 Å². The first-order valence-electron chi connectivity index (χ1n) is 8.83. The van der Waals surface area contributed by atoms with Gasteiger partial charge < -0.3 is 15.0 Å². The molecule has 1 aromatic rings. The SMILES string of the molecule is CN(C(=O)OCc1ccccc1)C1CCC2(CCNCC2)CC1. The van der Waals surface area contributed by atoms with E-state index < -0.39 is 0 Å². The molecule has 126 valence electrons. The Hall–Kier alpha value is -1.55. The number of carbonyl (C=O) groups is 1. The van der Waals surface area contributed by atoms with Crippen LogP contribution in [0, 0.1) is 5.41 Å². The molecule has 2 aliphatic rings. The lowest BCUT2D eigenvalue weighted by molar-refractivity contribution is 0.0541. The molecule has 2 fully saturated rings. The van der Waals surface area contributed by atoms with E-state index in [2.05, 4.69) is 5.32 Å². The Labute approximate surface area is 139 Å². The first-order valence-corrected chi connectivity index (χ1v) is 8.83. The lowest BCUT2D eigenvalue weighted by Crippen LogP contribution is -2.45. The number of carbonyl (C=O) groups excluding carboxylic acids is 1. The van der Waals surface area contributed by atoms with Crippen molar-refractivity contribution in [1.29, 1.82) is 0 Å². The topological polar surface area (TPSA) is 41.6 Å². The fraction of sp³-hybridized carbons (Fsp3) is 0.632. The summed E-state index contributed by atoms with van der Waals surface area (Å²) in [4.78, 5) is 14.1. The number of ether oxygens (including phenoxy) is 1. The number of benzene rings is 1. The van der Waals surface area contributed by atoms with Crippen molar-refractivity contribution in [2.75, 3.05) is 20.1 Å². The van der Waals surface area contributed by atoms with Crippen LogP contribution in [0.15, 0.2) is 30.3 Å². The van der Waals surface area contributed by atoms with E-state index in [4.69, 9.17) is 4.74 Å². The van der Waals surface area contributed by atoms with Gasteiger partial charge in [0.05, 0.1) is 0 Å². The van der Waals surface area contributed by atoms with Crippen molar-refractivity contribution in [2.24, 2.45) is 5.41 Å². The summed E-state index contributed by atoms with van der Waals surface area (Å²) < 4.78 is 5.46. The zero-order valence-corrected chi connectivity index (χ0v) is 14.1. The van der Waals surface area contributed by atoms with Crippen molar-refractivity contribution in [3.63, 3.8) is 0 Å². The van der Waals surface area contributed by atoms with E-state index in [-0.39, 0.29) is 6.09 Å². The molecule has 1 aliphatic heterocycles. The van der Waals surface area contributed by atoms with Crippen molar-refractivity contribution in [3.8, 4) is 0 Å². The number of rotatable bonds is 3. The molecule has 1 saturated heterocycles. The minimum absolute atomic E-state index is 0.194. The van der Waals surface area contributed by atoms with Gasteiger partial charge in [-0.25, -0.2) is 4.79 Å². The first kappa shape index (κ1) is 16.3. The van der Waals surface area contributed by atoms with E-state index in [0.29, 0.717) is 18.1 Å². The molecule has 1 saturated carbocycles. The van der Waals surface area contributed by atoms with Gasteiger partial charge in [-0.2, -0.15) is 0 Å². The predicted molar refractivity (Wildman–Crippen MR) is 91.2 cm³/mol. The maximum atomic E-state index is 12.3. The smallest absolute Gasteiger partial charge is 0.410 e. The lowest BCUT2D eigenvalue weighted by atomic mass is 9.67. The third-order valence-electron chi connectivity index (χ3n) is 5.72. The number of nitrogens with zero attached hydrogens (tertiary/aromatic N) is 1. The highest BCUT2D eigenvalue weighted by molar-refractivity contribution is 5.67. The minimum Gasteiger partial charge on any atom is -0.445 e. The molecule has 1 spiro atoms. The summed E-state index contributed by atoms with van der Waals surface area (Å²) in [5.74, 6) is 0. The van der Waals surface area contributed by atoms with Crippen LogP contribution in [-0.2, 0) is 11.3 Å². The van der Waals surface area contributed by atoms with Crippen molar-refractivity contribution in [2.45, 2.75) is 51.2 Å². The highest BCUT2D eigenvalue weighted by Crippen LogP contribution is 2.44. The molecule has 4 nitrogen and oxygen atoms in total. The fourth-order valence-electron chi connectivity index (χ4n) is 4.03. The summed E-state index contributed by atoms with van der Waals surface area (Å²) in [6.45, 7) is 2.66. The molecular formula is C19H28N2O2. The molecule has 1 amide bonds. The van der Waals surface area contributed by atoms with Gasteiger partial charge in [-0.15, -0.1) is 0 Å². The summed E-state index contributed by atoms with van der Waals surface area (Å²) in [6, 6.07) is 10.2. The Morgan fingerprint density at radius 2 is 1.83 bits per heavy atom. The van der Waals surface area contributed by atoms with Gasteiger partial charge >= 0.3 is 6.09 Å². The van der Waals surface area contributed by atoms with Crippen LogP contribution in [0.3, 0.4) is 0 Å². The van der Waals surface area contributed by atoms with E-state index in [1.165, 1.54) is 25.7 Å². The zero-order valence-electron chi connectivity index (χ0n) is 14.1. The molecule has 0 unspecified atom stereocenters. The van der Waals surface area contributed by atoms with Crippen molar-refractivity contribution < 1.29 is 9.53 Å². The number of piperidine rings is 1. The Kier molecular flexibility index (Phi) is 5.21. The second kappa shape index (κ2) is 7.35. The fourth-order valence-corrected chi connectivity index (χ4v) is 4.03. The molecule has 0 bridgehead atoms. The average Bonchev–Trinajstić information content (AvgIpc) is 2.61. The zero-order chi connectivity index (χ0) is 16.1. The van der Waals surface area contributed by atoms with E-state index in [0.717, 1.165) is 31.5 Å². The van der Waals surface area contributed by atoms with Gasteiger partial charge in [-0.1, -0.05) is 30.3 Å². The summed E-state index contributed by atoms with van der Waals surface area (Å²) in [6.07, 6.45) is 7.10. The normalized spacial score (nSPS) is 21.1. The van der Waals surface area contributed by atoms with Gasteiger partial charge in [0.25, 0.3) is 0 Å². The highest BCUT2D eigenvalue weighted by Gasteiger charge is 2.38. The second-order valence-corrected chi connectivity index (χ2v) is 7.13. The van der Waals surface area contributed by atoms with Crippen molar-refractivity contribution >= 4 is 6.09 Å². The van der Waals surface area contributed by atoms with E-state index in [1.807, 2.05) is 42.3 Å². The van der Waals surface area contributed by atoms with Crippen LogP contribution in [0.25, 0.3) is 0 Å². The van der Waals surface area contributed by atoms with Crippen LogP contribution < -0.4 is 5.32 Å². The summed E-state index contributed by atoms with van der Waals surface area (Å²) in [5.41, 5.74) is 1.57. The summed E-state index contributed by atoms with van der Waals surface area (Å²) in [5, 5.41) is 3.46. The molecule has 1 aliphatic carbocycles. The first-order chi connectivity index (χ1) is 11.2. The predicted octanol–water partition coefficient (Wildman–Crippen LogP) is 3.57. The molecule has 23 heavy (non-hydrogen) atoms. The summed E-state index contributed by atoms with van der Waals surface area (Å²) >= 11 is 0. The van der Waals surface area contributed by atoms with Gasteiger partial charge in [-0.3, -0.25) is 0 Å². The van der Waals surface area contributed by atoms with Crippen molar-refractivity contribution in [3.05, 3.63) is 35.9 Å². The molecule has 0 radical (unpaired) electrons. The number of hydrogen-bond acceptors (Lipinski definition) is 3. The Morgan fingerprint density at radius 1 is 1.17 bits per heavy atom. The Balaban J connectivity index is 1.46. The third kappa shape index (κ3) is 4.05. The number of amides is 1. The lowest BCUT2D eigenvalue weighted by Gasteiger charge is -2.44. The van der Waals surface area contributed by atoms with Crippen LogP contribution in [0.5, 0.6) is 0 Å². The number of hydrogen-bond donors (Lipinski definition) is 1. The van der Waals surface area contributed by atoms with Crippen LogP contribution in [0.4, 0.5) is 4.79 Å². The highest BCUT2D eigenvalue weighted by atomic mass is 16.6. The largest absolute Gasteiger partial charge is 0.445 e. The van der Waals surface area contributed by atoms with Gasteiger partial charge in [0.2, 0.25) is 0 Å². The van der Waals surface area contributed by atoms with Gasteiger partial charge in [0.1, 0.15) is 6.61 Å². The molecular weight excluding hydrogens is 288 g/mol. The molecule has 3 rings (SSSR count). The van der Waals surface area contributed by atoms with Gasteiger partial charge in [-0.05, 0) is 62.6 Å². The van der Waals surface area contributed by atoms with Crippen LogP contribution in [0.2, 0.25) is 0 Å². The van der Waals surface area contributed by atoms with Crippen molar-refractivity contribution in [1.82, 2.24) is 10.2 Å². The van der Waals surface area contributed by atoms with Gasteiger partial charge in [0, 0.05) is 13.1 Å². The van der Waals surface area contributed by atoms with Gasteiger partial charge in [0.15, 0.2) is 0 Å². The maximum Gasteiger partial charge on any atom is 0.410 e. The Bertz CT molecular complexity index is 501. The molecule has 4 heteroatoms. The number of nitrogens with one attached hydrogen (secondary N) is 1. The third-order valence-corrected chi connectivity index (χ3v) is 5.72. The van der Waals surface area contributed by atoms with E-state index in [1.54, 1.807) is 0 Å². The molecule has 0 atom stereocenters. The maximum absolute atomic E-state index is 12.3. The quantitative estimate of drug-likeness (QED) is 0.927. The monoisotopic (exact) mass is 316 g/mol. The van der Waals surface area contributed by atoms with E-state index >= 15 is 0 Å². The Morgan fingerprint density at radius 3 is 2.48 bits per heavy atom. The second-order valence-electron chi connectivity index (χ2n) is 7.13. The van der Waals surface area contributed by atoms with E-state index in [9.17, 15) is 4.79 Å². The van der Waals surface area contributed by atoms with Crippen LogP contribution in [0.1, 0.15) is 44.1 Å². The molecule has 1 heterocycles.